The summed E-state index contributed by atoms with van der Waals surface area (Å²) in [4.78, 5) is 4.37. The van der Waals surface area contributed by atoms with Crippen LogP contribution >= 0.6 is 0 Å². The highest BCUT2D eigenvalue weighted by atomic mass is 32.2. The molecule has 0 fully saturated rings. The molecule has 0 unspecified atom stereocenters. The lowest BCUT2D eigenvalue weighted by atomic mass is 10.3. The van der Waals surface area contributed by atoms with Crippen molar-refractivity contribution < 1.29 is 13.2 Å². The van der Waals surface area contributed by atoms with Crippen LogP contribution in [0.25, 0.3) is 11.0 Å². The Morgan fingerprint density at radius 2 is 2.16 bits per heavy atom. The Hall–Kier alpha value is -1.60. The second-order valence-electron chi connectivity index (χ2n) is 4.34. The van der Waals surface area contributed by atoms with Crippen LogP contribution in [0.5, 0.6) is 0 Å². The summed E-state index contributed by atoms with van der Waals surface area (Å²) in [6.07, 6.45) is 0. The van der Waals surface area contributed by atoms with Crippen molar-refractivity contribution in [3.63, 3.8) is 0 Å². The zero-order valence-corrected chi connectivity index (χ0v) is 12.0. The van der Waals surface area contributed by atoms with E-state index < -0.39 is 10.0 Å². The van der Waals surface area contributed by atoms with Crippen LogP contribution in [0.2, 0.25) is 0 Å². The number of imidazole rings is 1. The Bertz CT molecular complexity index is 692. The van der Waals surface area contributed by atoms with Crippen molar-refractivity contribution >= 4 is 26.7 Å². The number of anilines is 1. The van der Waals surface area contributed by atoms with Gasteiger partial charge in [-0.25, -0.2) is 13.4 Å². The number of fused-ring (bicyclic) bond motifs is 1. The quantitative estimate of drug-likeness (QED) is 0.897. The van der Waals surface area contributed by atoms with Crippen molar-refractivity contribution in [3.05, 3.63) is 24.0 Å². The molecule has 1 aromatic carbocycles. The first-order valence-electron chi connectivity index (χ1n) is 5.85. The maximum absolute atomic E-state index is 11.8. The standard InChI is InChI=1S/C12H17N3O3S/c1-9-13-11-8-10(4-5-12(11)15(9)2)14-19(16,17)7-6-18-3/h4-5,8,14H,6-7H2,1-3H3. The topological polar surface area (TPSA) is 73.2 Å². The molecule has 0 aliphatic heterocycles. The number of hydrogen-bond acceptors (Lipinski definition) is 4. The normalized spacial score (nSPS) is 11.9. The van der Waals surface area contributed by atoms with E-state index in [2.05, 4.69) is 9.71 Å². The van der Waals surface area contributed by atoms with E-state index in [4.69, 9.17) is 4.74 Å². The third-order valence-electron chi connectivity index (χ3n) is 2.93. The Labute approximate surface area is 112 Å². The van der Waals surface area contributed by atoms with Gasteiger partial charge in [-0.1, -0.05) is 0 Å². The number of hydrogen-bond donors (Lipinski definition) is 1. The summed E-state index contributed by atoms with van der Waals surface area (Å²) in [6.45, 7) is 2.07. The molecular weight excluding hydrogens is 266 g/mol. The number of rotatable bonds is 5. The maximum Gasteiger partial charge on any atom is 0.235 e. The van der Waals surface area contributed by atoms with Crippen molar-refractivity contribution in [1.82, 2.24) is 9.55 Å². The van der Waals surface area contributed by atoms with Crippen LogP contribution in [0.15, 0.2) is 18.2 Å². The van der Waals surface area contributed by atoms with Gasteiger partial charge in [0.15, 0.2) is 0 Å². The largest absolute Gasteiger partial charge is 0.384 e. The van der Waals surface area contributed by atoms with Crippen molar-refractivity contribution in [1.29, 1.82) is 0 Å². The Morgan fingerprint density at radius 1 is 1.42 bits per heavy atom. The SMILES string of the molecule is COCCS(=O)(=O)Nc1ccc2c(c1)nc(C)n2C. The average Bonchev–Trinajstić information content (AvgIpc) is 2.62. The van der Waals surface area contributed by atoms with Gasteiger partial charge < -0.3 is 9.30 Å². The molecule has 0 amide bonds. The number of aryl methyl sites for hydroxylation is 2. The average molecular weight is 283 g/mol. The summed E-state index contributed by atoms with van der Waals surface area (Å²) in [5.74, 6) is 0.817. The van der Waals surface area contributed by atoms with E-state index in [9.17, 15) is 8.42 Å². The molecule has 0 aliphatic carbocycles. The minimum atomic E-state index is -3.38. The van der Waals surface area contributed by atoms with Gasteiger partial charge in [-0.2, -0.15) is 0 Å². The molecule has 6 nitrogen and oxygen atoms in total. The Kier molecular flexibility index (Phi) is 3.77. The molecule has 0 aliphatic rings. The molecule has 0 atom stereocenters. The zero-order valence-electron chi connectivity index (χ0n) is 11.2. The third-order valence-corrected chi connectivity index (χ3v) is 4.18. The number of nitrogens with one attached hydrogen (secondary N) is 1. The van der Waals surface area contributed by atoms with Crippen LogP contribution in [0.4, 0.5) is 5.69 Å². The van der Waals surface area contributed by atoms with Gasteiger partial charge in [0.25, 0.3) is 0 Å². The smallest absolute Gasteiger partial charge is 0.235 e. The van der Waals surface area contributed by atoms with Crippen molar-refractivity contribution in [2.75, 3.05) is 24.2 Å². The van der Waals surface area contributed by atoms with E-state index in [0.29, 0.717) is 5.69 Å². The zero-order chi connectivity index (χ0) is 14.0. The number of aromatic nitrogens is 2. The van der Waals surface area contributed by atoms with Crippen molar-refractivity contribution in [2.24, 2.45) is 7.05 Å². The molecule has 0 radical (unpaired) electrons. The number of methoxy groups -OCH3 is 1. The second-order valence-corrected chi connectivity index (χ2v) is 6.18. The fourth-order valence-electron chi connectivity index (χ4n) is 1.81. The van der Waals surface area contributed by atoms with E-state index in [-0.39, 0.29) is 12.4 Å². The minimum absolute atomic E-state index is 0.0667. The molecule has 2 rings (SSSR count). The molecule has 1 N–H and O–H groups in total. The summed E-state index contributed by atoms with van der Waals surface area (Å²) < 4.78 is 32.7. The van der Waals surface area contributed by atoms with E-state index >= 15 is 0 Å². The van der Waals surface area contributed by atoms with Gasteiger partial charge in [-0.15, -0.1) is 0 Å². The van der Waals surface area contributed by atoms with Gasteiger partial charge in [0.2, 0.25) is 10.0 Å². The van der Waals surface area contributed by atoms with Crippen molar-refractivity contribution in [2.45, 2.75) is 6.92 Å². The van der Waals surface area contributed by atoms with E-state index in [0.717, 1.165) is 16.9 Å². The van der Waals surface area contributed by atoms with Crippen LogP contribution in [-0.4, -0.2) is 37.4 Å². The molecule has 0 saturated heterocycles. The van der Waals surface area contributed by atoms with Crippen LogP contribution < -0.4 is 4.72 Å². The summed E-state index contributed by atoms with van der Waals surface area (Å²) in [5.41, 5.74) is 2.26. The van der Waals surface area contributed by atoms with Crippen LogP contribution in [0, 0.1) is 6.92 Å². The van der Waals surface area contributed by atoms with Gasteiger partial charge in [0, 0.05) is 14.2 Å². The van der Waals surface area contributed by atoms with Crippen LogP contribution in [0.3, 0.4) is 0 Å². The molecule has 0 spiro atoms. The molecule has 1 aromatic heterocycles. The summed E-state index contributed by atoms with van der Waals surface area (Å²) >= 11 is 0. The number of benzene rings is 1. The number of ether oxygens (including phenoxy) is 1. The van der Waals surface area contributed by atoms with Crippen molar-refractivity contribution in [3.8, 4) is 0 Å². The first kappa shape index (κ1) is 13.8. The first-order valence-corrected chi connectivity index (χ1v) is 7.50. The summed E-state index contributed by atoms with van der Waals surface area (Å²) in [7, 11) is 0.0159. The lowest BCUT2D eigenvalue weighted by Gasteiger charge is -2.07. The molecule has 0 saturated carbocycles. The Balaban J connectivity index is 2.27. The first-order chi connectivity index (χ1) is 8.93. The predicted octanol–water partition coefficient (Wildman–Crippen LogP) is 1.27. The van der Waals surface area contributed by atoms with Gasteiger partial charge in [0.1, 0.15) is 5.82 Å². The maximum atomic E-state index is 11.8. The van der Waals surface area contributed by atoms with E-state index in [1.165, 1.54) is 7.11 Å². The molecule has 0 bridgehead atoms. The predicted molar refractivity (Wildman–Crippen MR) is 74.7 cm³/mol. The summed E-state index contributed by atoms with van der Waals surface area (Å²) in [5, 5.41) is 0. The lowest BCUT2D eigenvalue weighted by Crippen LogP contribution is -2.19. The van der Waals surface area contributed by atoms with Gasteiger partial charge in [0.05, 0.1) is 29.1 Å². The highest BCUT2D eigenvalue weighted by molar-refractivity contribution is 7.92. The van der Waals surface area contributed by atoms with Crippen LogP contribution in [0.1, 0.15) is 5.82 Å². The highest BCUT2D eigenvalue weighted by Gasteiger charge is 2.11. The minimum Gasteiger partial charge on any atom is -0.384 e. The van der Waals surface area contributed by atoms with Gasteiger partial charge in [-0.05, 0) is 25.1 Å². The fourth-order valence-corrected chi connectivity index (χ4v) is 2.78. The molecule has 1 heterocycles. The molecule has 19 heavy (non-hydrogen) atoms. The second kappa shape index (κ2) is 5.18. The third kappa shape index (κ3) is 3.05. The van der Waals surface area contributed by atoms with Gasteiger partial charge in [-0.3, -0.25) is 4.72 Å². The fraction of sp³-hybridized carbons (Fsp3) is 0.417. The van der Waals surface area contributed by atoms with Gasteiger partial charge >= 0.3 is 0 Å². The highest BCUT2D eigenvalue weighted by Crippen LogP contribution is 2.20. The molecule has 2 aromatic rings. The monoisotopic (exact) mass is 283 g/mol. The number of sulfonamides is 1. The van der Waals surface area contributed by atoms with Crippen LogP contribution in [-0.2, 0) is 21.8 Å². The van der Waals surface area contributed by atoms with E-state index in [1.807, 2.05) is 24.6 Å². The Morgan fingerprint density at radius 3 is 2.84 bits per heavy atom. The summed E-state index contributed by atoms with van der Waals surface area (Å²) in [6, 6.07) is 5.31. The number of nitrogens with zero attached hydrogens (tertiary/aromatic N) is 2. The molecule has 7 heteroatoms. The molecular formula is C12H17N3O3S. The lowest BCUT2D eigenvalue weighted by molar-refractivity contribution is 0.217. The van der Waals surface area contributed by atoms with E-state index in [1.54, 1.807) is 12.1 Å². The molecule has 104 valence electrons.